The molecule has 2 aliphatic rings. The Kier molecular flexibility index (Phi) is 3.99. The summed E-state index contributed by atoms with van der Waals surface area (Å²) < 4.78 is 5.26. The monoisotopic (exact) mass is 274 g/mol. The molecular formula is C17H26N2O. The minimum absolute atomic E-state index is 0.497. The van der Waals surface area contributed by atoms with Gasteiger partial charge in [-0.3, -0.25) is 4.90 Å². The van der Waals surface area contributed by atoms with Crippen LogP contribution in [0.25, 0.3) is 0 Å². The highest BCUT2D eigenvalue weighted by atomic mass is 16.5. The van der Waals surface area contributed by atoms with Crippen molar-refractivity contribution in [1.29, 1.82) is 0 Å². The average Bonchev–Trinajstić information content (AvgIpc) is 3.06. The van der Waals surface area contributed by atoms with E-state index in [1.807, 2.05) is 0 Å². The van der Waals surface area contributed by atoms with Crippen LogP contribution in [0, 0.1) is 11.8 Å². The number of rotatable bonds is 4. The standard InChI is InChI=1S/C17H26N2O/c1-4-17-16-10-18-9-14(16)11-19(17)12(2)13-5-7-15(20-3)8-6-13/h5-8,12,14,16-18H,4,9-11H2,1-3H3. The zero-order chi connectivity index (χ0) is 14.1. The van der Waals surface area contributed by atoms with Gasteiger partial charge in [0.1, 0.15) is 5.75 Å². The molecule has 3 rings (SSSR count). The van der Waals surface area contributed by atoms with Gasteiger partial charge in [0.2, 0.25) is 0 Å². The summed E-state index contributed by atoms with van der Waals surface area (Å²) in [4.78, 5) is 2.72. The fourth-order valence-corrected chi connectivity index (χ4v) is 4.11. The summed E-state index contributed by atoms with van der Waals surface area (Å²) in [5.41, 5.74) is 1.40. The van der Waals surface area contributed by atoms with Crippen molar-refractivity contribution in [3.05, 3.63) is 29.8 Å². The van der Waals surface area contributed by atoms with Gasteiger partial charge in [-0.25, -0.2) is 0 Å². The number of hydrogen-bond acceptors (Lipinski definition) is 3. The first-order valence-corrected chi connectivity index (χ1v) is 7.85. The van der Waals surface area contributed by atoms with Crippen LogP contribution in [0.4, 0.5) is 0 Å². The molecule has 0 amide bonds. The Morgan fingerprint density at radius 1 is 1.30 bits per heavy atom. The highest BCUT2D eigenvalue weighted by Gasteiger charge is 2.44. The van der Waals surface area contributed by atoms with Crippen molar-refractivity contribution in [1.82, 2.24) is 10.2 Å². The molecule has 1 aromatic carbocycles. The van der Waals surface area contributed by atoms with Crippen LogP contribution in [0.2, 0.25) is 0 Å². The van der Waals surface area contributed by atoms with Gasteiger partial charge in [0.05, 0.1) is 7.11 Å². The quantitative estimate of drug-likeness (QED) is 0.913. The summed E-state index contributed by atoms with van der Waals surface area (Å²) >= 11 is 0. The van der Waals surface area contributed by atoms with E-state index in [9.17, 15) is 0 Å². The number of nitrogens with zero attached hydrogens (tertiary/aromatic N) is 1. The van der Waals surface area contributed by atoms with Crippen molar-refractivity contribution in [3.8, 4) is 5.75 Å². The minimum atomic E-state index is 0.497. The molecule has 0 radical (unpaired) electrons. The molecule has 1 aromatic rings. The number of hydrogen-bond donors (Lipinski definition) is 1. The van der Waals surface area contributed by atoms with E-state index in [0.717, 1.165) is 23.6 Å². The maximum atomic E-state index is 5.26. The lowest BCUT2D eigenvalue weighted by Gasteiger charge is -2.32. The van der Waals surface area contributed by atoms with Gasteiger partial charge in [-0.15, -0.1) is 0 Å². The van der Waals surface area contributed by atoms with Crippen molar-refractivity contribution in [2.45, 2.75) is 32.4 Å². The lowest BCUT2D eigenvalue weighted by Crippen LogP contribution is -2.36. The van der Waals surface area contributed by atoms with Crippen LogP contribution in [0.1, 0.15) is 31.9 Å². The number of fused-ring (bicyclic) bond motifs is 1. The van der Waals surface area contributed by atoms with Gasteiger partial charge in [-0.1, -0.05) is 19.1 Å². The highest BCUT2D eigenvalue weighted by Crippen LogP contribution is 2.39. The largest absolute Gasteiger partial charge is 0.497 e. The predicted octanol–water partition coefficient (Wildman–Crippen LogP) is 2.69. The molecule has 4 atom stereocenters. The van der Waals surface area contributed by atoms with Gasteiger partial charge in [-0.2, -0.15) is 0 Å². The van der Waals surface area contributed by atoms with E-state index in [2.05, 4.69) is 48.3 Å². The van der Waals surface area contributed by atoms with Gasteiger partial charge in [0, 0.05) is 18.6 Å². The smallest absolute Gasteiger partial charge is 0.118 e. The average molecular weight is 274 g/mol. The van der Waals surface area contributed by atoms with Crippen LogP contribution in [0.3, 0.4) is 0 Å². The molecule has 2 saturated heterocycles. The topological polar surface area (TPSA) is 24.5 Å². The van der Waals surface area contributed by atoms with Crippen molar-refractivity contribution in [2.75, 3.05) is 26.7 Å². The third kappa shape index (κ3) is 2.33. The predicted molar refractivity (Wildman–Crippen MR) is 82.0 cm³/mol. The number of methoxy groups -OCH3 is 1. The van der Waals surface area contributed by atoms with Gasteiger partial charge < -0.3 is 10.1 Å². The Bertz CT molecular complexity index is 445. The van der Waals surface area contributed by atoms with E-state index in [-0.39, 0.29) is 0 Å². The third-order valence-electron chi connectivity index (χ3n) is 5.27. The summed E-state index contributed by atoms with van der Waals surface area (Å²) in [6.07, 6.45) is 1.25. The van der Waals surface area contributed by atoms with E-state index in [1.54, 1.807) is 7.11 Å². The number of benzene rings is 1. The van der Waals surface area contributed by atoms with E-state index in [0.29, 0.717) is 6.04 Å². The Hall–Kier alpha value is -1.06. The van der Waals surface area contributed by atoms with Gasteiger partial charge >= 0.3 is 0 Å². The summed E-state index contributed by atoms with van der Waals surface area (Å²) in [6, 6.07) is 9.80. The fourth-order valence-electron chi connectivity index (χ4n) is 4.11. The molecule has 0 spiro atoms. The lowest BCUT2D eigenvalue weighted by molar-refractivity contribution is 0.165. The molecule has 2 fully saturated rings. The van der Waals surface area contributed by atoms with Crippen molar-refractivity contribution in [3.63, 3.8) is 0 Å². The molecule has 0 bridgehead atoms. The minimum Gasteiger partial charge on any atom is -0.497 e. The zero-order valence-electron chi connectivity index (χ0n) is 12.8. The van der Waals surface area contributed by atoms with Gasteiger partial charge in [0.15, 0.2) is 0 Å². The first kappa shape index (κ1) is 13.9. The normalized spacial score (nSPS) is 31.2. The molecule has 0 saturated carbocycles. The molecule has 4 unspecified atom stereocenters. The first-order valence-electron chi connectivity index (χ1n) is 7.85. The summed E-state index contributed by atoms with van der Waals surface area (Å²) in [5.74, 6) is 2.64. The molecule has 0 aliphatic carbocycles. The Morgan fingerprint density at radius 3 is 2.70 bits per heavy atom. The molecule has 1 N–H and O–H groups in total. The van der Waals surface area contributed by atoms with Crippen molar-refractivity contribution < 1.29 is 4.74 Å². The number of nitrogens with one attached hydrogen (secondary N) is 1. The molecule has 0 aromatic heterocycles. The van der Waals surface area contributed by atoms with E-state index >= 15 is 0 Å². The first-order chi connectivity index (χ1) is 9.74. The lowest BCUT2D eigenvalue weighted by atomic mass is 9.92. The summed E-state index contributed by atoms with van der Waals surface area (Å²) in [6.45, 7) is 8.32. The number of likely N-dealkylation sites (tertiary alicyclic amines) is 1. The number of ether oxygens (including phenoxy) is 1. The Labute approximate surface area is 122 Å². The van der Waals surface area contributed by atoms with Gasteiger partial charge in [0.25, 0.3) is 0 Å². The zero-order valence-corrected chi connectivity index (χ0v) is 12.8. The molecule has 3 heteroatoms. The summed E-state index contributed by atoms with van der Waals surface area (Å²) in [7, 11) is 1.72. The molecular weight excluding hydrogens is 248 g/mol. The second kappa shape index (κ2) is 5.74. The van der Waals surface area contributed by atoms with E-state index < -0.39 is 0 Å². The molecule has 2 aliphatic heterocycles. The van der Waals surface area contributed by atoms with Crippen LogP contribution in [0.15, 0.2) is 24.3 Å². The van der Waals surface area contributed by atoms with Crippen LogP contribution >= 0.6 is 0 Å². The molecule has 20 heavy (non-hydrogen) atoms. The second-order valence-corrected chi connectivity index (χ2v) is 6.20. The molecule has 3 nitrogen and oxygen atoms in total. The van der Waals surface area contributed by atoms with Gasteiger partial charge in [-0.05, 0) is 56.0 Å². The SMILES string of the molecule is CCC1C2CNCC2CN1C(C)c1ccc(OC)cc1. The highest BCUT2D eigenvalue weighted by molar-refractivity contribution is 5.29. The van der Waals surface area contributed by atoms with Crippen molar-refractivity contribution >= 4 is 0 Å². The van der Waals surface area contributed by atoms with Crippen molar-refractivity contribution in [2.24, 2.45) is 11.8 Å². The maximum Gasteiger partial charge on any atom is 0.118 e. The van der Waals surface area contributed by atoms with E-state index in [1.165, 1.54) is 31.6 Å². The molecule has 110 valence electrons. The van der Waals surface area contributed by atoms with E-state index in [4.69, 9.17) is 4.74 Å². The maximum absolute atomic E-state index is 5.26. The van der Waals surface area contributed by atoms with Crippen LogP contribution in [0.5, 0.6) is 5.75 Å². The Morgan fingerprint density at radius 2 is 2.05 bits per heavy atom. The van der Waals surface area contributed by atoms with Crippen LogP contribution in [-0.4, -0.2) is 37.7 Å². The fraction of sp³-hybridized carbons (Fsp3) is 0.647. The van der Waals surface area contributed by atoms with Crippen LogP contribution < -0.4 is 10.1 Å². The van der Waals surface area contributed by atoms with Crippen LogP contribution in [-0.2, 0) is 0 Å². The summed E-state index contributed by atoms with van der Waals surface area (Å²) in [5, 5.41) is 3.56. The molecule has 2 heterocycles. The Balaban J connectivity index is 1.77. The third-order valence-corrected chi connectivity index (χ3v) is 5.27. The second-order valence-electron chi connectivity index (χ2n) is 6.20.